The maximum absolute atomic E-state index is 15.0. The highest BCUT2D eigenvalue weighted by Crippen LogP contribution is 2.39. The Morgan fingerprint density at radius 3 is 2.61 bits per heavy atom. The number of aryl methyl sites for hydroxylation is 1. The zero-order chi connectivity index (χ0) is 26.5. The van der Waals surface area contributed by atoms with Crippen molar-refractivity contribution in [2.45, 2.75) is 57.8 Å². The highest BCUT2D eigenvalue weighted by molar-refractivity contribution is 7.97. The average Bonchev–Trinajstić information content (AvgIpc) is 3.23. The Morgan fingerprint density at radius 2 is 2.00 bits per heavy atom. The first-order valence-electron chi connectivity index (χ1n) is 12.1. The van der Waals surface area contributed by atoms with E-state index in [1.807, 2.05) is 39.0 Å². The van der Waals surface area contributed by atoms with Crippen LogP contribution in [0, 0.1) is 12.7 Å². The van der Waals surface area contributed by atoms with E-state index in [1.165, 1.54) is 24.9 Å². The van der Waals surface area contributed by atoms with Gasteiger partial charge in [-0.15, -0.1) is 0 Å². The van der Waals surface area contributed by atoms with E-state index >= 15 is 4.39 Å². The molecule has 2 N–H and O–H groups in total. The maximum Gasteiger partial charge on any atom is 0.235 e. The Kier molecular flexibility index (Phi) is 9.24. The van der Waals surface area contributed by atoms with Crippen LogP contribution in [-0.2, 0) is 0 Å². The summed E-state index contributed by atoms with van der Waals surface area (Å²) >= 11 is 1.18. The fourth-order valence-electron chi connectivity index (χ4n) is 4.07. The first-order chi connectivity index (χ1) is 17.1. The van der Waals surface area contributed by atoms with Gasteiger partial charge in [0.25, 0.3) is 0 Å². The van der Waals surface area contributed by atoms with Crippen molar-refractivity contribution in [3.05, 3.63) is 53.6 Å². The summed E-state index contributed by atoms with van der Waals surface area (Å²) in [6, 6.07) is 8.76. The number of ether oxygens (including phenoxy) is 1. The van der Waals surface area contributed by atoms with Crippen molar-refractivity contribution < 1.29 is 13.5 Å². The Balaban J connectivity index is 1.89. The molecule has 2 aromatic rings. The minimum atomic E-state index is -1.41. The molecule has 9 heteroatoms. The molecule has 0 aliphatic carbocycles. The zero-order valence-electron chi connectivity index (χ0n) is 22.2. The third kappa shape index (κ3) is 6.70. The molecule has 0 amide bonds. The van der Waals surface area contributed by atoms with Crippen LogP contribution in [-0.4, -0.2) is 50.2 Å². The highest BCUT2D eigenvalue weighted by atomic mass is 32.2. The van der Waals surface area contributed by atoms with Crippen LogP contribution in [0.5, 0.6) is 5.75 Å². The number of allylic oxidation sites excluding steroid dienone is 1. The van der Waals surface area contributed by atoms with Gasteiger partial charge >= 0.3 is 0 Å². The lowest BCUT2D eigenvalue weighted by Crippen LogP contribution is -2.43. The van der Waals surface area contributed by atoms with Crippen molar-refractivity contribution in [2.75, 3.05) is 37.4 Å². The molecule has 0 spiro atoms. The Hall–Kier alpha value is -2.78. The fourth-order valence-corrected chi connectivity index (χ4v) is 4.85. The van der Waals surface area contributed by atoms with Gasteiger partial charge in [0.05, 0.1) is 16.3 Å². The minimum Gasteiger partial charge on any atom is -0.461 e. The predicted molar refractivity (Wildman–Crippen MR) is 148 cm³/mol. The van der Waals surface area contributed by atoms with Crippen molar-refractivity contribution in [3.8, 4) is 5.75 Å². The summed E-state index contributed by atoms with van der Waals surface area (Å²) < 4.78 is 37.0. The van der Waals surface area contributed by atoms with E-state index in [1.54, 1.807) is 18.3 Å². The van der Waals surface area contributed by atoms with Gasteiger partial charge in [-0.1, -0.05) is 0 Å². The van der Waals surface area contributed by atoms with Gasteiger partial charge in [0.2, 0.25) is 6.36 Å². The number of alkyl halides is 1. The molecule has 36 heavy (non-hydrogen) atoms. The molecule has 0 aromatic heterocycles. The molecule has 1 aliphatic rings. The van der Waals surface area contributed by atoms with Gasteiger partial charge in [-0.2, -0.15) is 0 Å². The van der Waals surface area contributed by atoms with E-state index in [9.17, 15) is 4.39 Å². The lowest BCUT2D eigenvalue weighted by atomic mass is 10.0. The first kappa shape index (κ1) is 27.8. The minimum absolute atomic E-state index is 0.0169. The number of nitrogens with one attached hydrogen (secondary N) is 2. The Labute approximate surface area is 217 Å². The molecule has 196 valence electrons. The van der Waals surface area contributed by atoms with Crippen molar-refractivity contribution in [3.63, 3.8) is 0 Å². The van der Waals surface area contributed by atoms with Crippen LogP contribution < -0.4 is 19.7 Å². The van der Waals surface area contributed by atoms with Crippen LogP contribution in [0.4, 0.5) is 25.8 Å². The summed E-state index contributed by atoms with van der Waals surface area (Å²) in [5.74, 6) is 0.775. The quantitative estimate of drug-likeness (QED) is 0.272. The van der Waals surface area contributed by atoms with Crippen LogP contribution in [0.15, 0.2) is 52.1 Å². The van der Waals surface area contributed by atoms with E-state index in [2.05, 4.69) is 45.9 Å². The molecule has 2 aromatic carbocycles. The third-order valence-electron chi connectivity index (χ3n) is 6.50. The number of benzene rings is 2. The van der Waals surface area contributed by atoms with Gasteiger partial charge in [0.1, 0.15) is 17.4 Å². The standard InChI is InChI=1S/C27H37F2N5OS/c1-8-26(30-9-2)32-36-25-14-18(3)23(16-21(25)29)31-22-11-10-20(35-19(4)28)15-24(22)34-13-12-27(5,17-34)33(6)7/h8-11,14-16,19,31-32H,12-13,17H2,1-7H3/b26-8+,30-9?. The molecule has 1 saturated heterocycles. The van der Waals surface area contributed by atoms with Crippen LogP contribution in [0.25, 0.3) is 0 Å². The van der Waals surface area contributed by atoms with Crippen LogP contribution in [0.2, 0.25) is 0 Å². The molecular weight excluding hydrogens is 480 g/mol. The third-order valence-corrected chi connectivity index (χ3v) is 7.34. The smallest absolute Gasteiger partial charge is 0.235 e. The molecular formula is C27H37F2N5OS. The van der Waals surface area contributed by atoms with Crippen molar-refractivity contribution in [2.24, 2.45) is 4.99 Å². The van der Waals surface area contributed by atoms with Gasteiger partial charge in [0.15, 0.2) is 0 Å². The molecule has 0 radical (unpaired) electrons. The van der Waals surface area contributed by atoms with Gasteiger partial charge < -0.3 is 24.6 Å². The SMILES string of the molecule is CC=N/C(=C\C)NSc1cc(C)c(Nc2ccc(OC(C)F)cc2N2CCC(C)(N(C)C)C2)cc1F. The number of hydrogen-bond donors (Lipinski definition) is 2. The van der Waals surface area contributed by atoms with Crippen LogP contribution in [0.1, 0.15) is 39.7 Å². The second kappa shape index (κ2) is 12.0. The van der Waals surface area contributed by atoms with Gasteiger partial charge in [-0.25, -0.2) is 13.8 Å². The number of halogens is 2. The van der Waals surface area contributed by atoms with E-state index in [-0.39, 0.29) is 11.4 Å². The maximum atomic E-state index is 15.0. The number of likely N-dealkylation sites (N-methyl/N-ethyl adjacent to an activating group) is 1. The monoisotopic (exact) mass is 517 g/mol. The second-order valence-corrected chi connectivity index (χ2v) is 10.2. The summed E-state index contributed by atoms with van der Waals surface area (Å²) in [6.45, 7) is 10.9. The highest BCUT2D eigenvalue weighted by Gasteiger charge is 2.36. The predicted octanol–water partition coefficient (Wildman–Crippen LogP) is 6.65. The zero-order valence-corrected chi connectivity index (χ0v) is 23.0. The van der Waals surface area contributed by atoms with Gasteiger partial charge in [-0.3, -0.25) is 0 Å². The summed E-state index contributed by atoms with van der Waals surface area (Å²) in [7, 11) is 4.17. The number of hydrogen-bond acceptors (Lipinski definition) is 7. The van der Waals surface area contributed by atoms with Gasteiger partial charge in [-0.05, 0) is 96.1 Å². The number of nitrogens with zero attached hydrogens (tertiary/aromatic N) is 3. The Bertz CT molecular complexity index is 1120. The van der Waals surface area contributed by atoms with Crippen molar-refractivity contribution in [1.82, 2.24) is 9.62 Å². The van der Waals surface area contributed by atoms with E-state index in [0.717, 1.165) is 36.4 Å². The van der Waals surface area contributed by atoms with Gasteiger partial charge in [0, 0.05) is 43.5 Å². The number of aliphatic imine (C=N–C) groups is 1. The molecule has 3 rings (SSSR count). The lowest BCUT2D eigenvalue weighted by molar-refractivity contribution is 0.0861. The van der Waals surface area contributed by atoms with Crippen molar-refractivity contribution >= 4 is 35.2 Å². The molecule has 1 fully saturated rings. The molecule has 1 heterocycles. The molecule has 1 aliphatic heterocycles. The summed E-state index contributed by atoms with van der Waals surface area (Å²) in [4.78, 5) is 9.19. The molecule has 2 atom stereocenters. The first-order valence-corrected chi connectivity index (χ1v) is 12.9. The topological polar surface area (TPSA) is 52.1 Å². The largest absolute Gasteiger partial charge is 0.461 e. The number of rotatable bonds is 10. The van der Waals surface area contributed by atoms with Crippen LogP contribution in [0.3, 0.4) is 0 Å². The van der Waals surface area contributed by atoms with Crippen molar-refractivity contribution in [1.29, 1.82) is 0 Å². The average molecular weight is 518 g/mol. The van der Waals surface area contributed by atoms with E-state index in [4.69, 9.17) is 4.74 Å². The summed E-state index contributed by atoms with van der Waals surface area (Å²) in [5.41, 5.74) is 3.28. The van der Waals surface area contributed by atoms with E-state index < -0.39 is 6.36 Å². The second-order valence-electron chi connectivity index (χ2n) is 9.39. The molecule has 2 unspecified atom stereocenters. The molecule has 6 nitrogen and oxygen atoms in total. The van der Waals surface area contributed by atoms with E-state index in [0.29, 0.717) is 22.2 Å². The number of anilines is 3. The normalized spacial score (nSPS) is 19.3. The fraction of sp³-hybridized carbons (Fsp3) is 0.444. The summed E-state index contributed by atoms with van der Waals surface area (Å²) in [5, 5.41) is 3.41. The lowest BCUT2D eigenvalue weighted by Gasteiger charge is -2.33. The Morgan fingerprint density at radius 1 is 1.25 bits per heavy atom. The van der Waals surface area contributed by atoms with Crippen LogP contribution >= 0.6 is 11.9 Å². The molecule has 0 saturated carbocycles. The summed E-state index contributed by atoms with van der Waals surface area (Å²) in [6.07, 6.45) is 3.09. The molecule has 0 bridgehead atoms.